The lowest BCUT2D eigenvalue weighted by Crippen LogP contribution is -2.18. The molecule has 68 valence electrons. The van der Waals surface area contributed by atoms with Crippen molar-refractivity contribution in [3.63, 3.8) is 0 Å². The molecule has 0 spiro atoms. The summed E-state index contributed by atoms with van der Waals surface area (Å²) in [7, 11) is 1.76. The molecular formula is C6H13N5O. The van der Waals surface area contributed by atoms with Crippen molar-refractivity contribution in [2.75, 3.05) is 13.6 Å². The number of likely N-dealkylation sites (N-methyl/N-ethyl adjacent to an activating group) is 1. The fourth-order valence-corrected chi connectivity index (χ4v) is 0.808. The van der Waals surface area contributed by atoms with Gasteiger partial charge in [0.05, 0.1) is 6.54 Å². The standard InChI is InChI=1S/C6H13N5O/c1-3-11-9-6(8-10-11)5(12)4-7-2/h5,7,12H,3-4H2,1-2H3. The molecule has 0 radical (unpaired) electrons. The first-order valence-corrected chi connectivity index (χ1v) is 3.88. The van der Waals surface area contributed by atoms with Gasteiger partial charge in [0.25, 0.3) is 0 Å². The Balaban J connectivity index is 2.61. The van der Waals surface area contributed by atoms with Crippen molar-refractivity contribution in [2.24, 2.45) is 0 Å². The number of aryl methyl sites for hydroxylation is 1. The van der Waals surface area contributed by atoms with Crippen molar-refractivity contribution >= 4 is 0 Å². The van der Waals surface area contributed by atoms with Crippen LogP contribution in [0.3, 0.4) is 0 Å². The highest BCUT2D eigenvalue weighted by atomic mass is 16.3. The number of hydrogen-bond donors (Lipinski definition) is 2. The quantitative estimate of drug-likeness (QED) is 0.604. The van der Waals surface area contributed by atoms with E-state index in [-0.39, 0.29) is 0 Å². The Hall–Kier alpha value is -1.01. The topological polar surface area (TPSA) is 75.9 Å². The zero-order valence-corrected chi connectivity index (χ0v) is 7.23. The first kappa shape index (κ1) is 9.08. The zero-order valence-electron chi connectivity index (χ0n) is 7.23. The lowest BCUT2D eigenvalue weighted by Gasteiger charge is -2.02. The average Bonchev–Trinajstić information content (AvgIpc) is 2.52. The van der Waals surface area contributed by atoms with Crippen LogP contribution in [0.15, 0.2) is 0 Å². The van der Waals surface area contributed by atoms with Crippen LogP contribution in [-0.2, 0) is 6.54 Å². The Morgan fingerprint density at radius 2 is 2.42 bits per heavy atom. The van der Waals surface area contributed by atoms with E-state index in [0.717, 1.165) is 0 Å². The number of aliphatic hydroxyl groups is 1. The third kappa shape index (κ3) is 1.99. The largest absolute Gasteiger partial charge is 0.384 e. The Morgan fingerprint density at radius 1 is 1.67 bits per heavy atom. The SMILES string of the molecule is CCn1nnc(C(O)CNC)n1. The molecule has 0 fully saturated rings. The Labute approximate surface area is 70.6 Å². The van der Waals surface area contributed by atoms with E-state index in [0.29, 0.717) is 18.9 Å². The number of nitrogens with one attached hydrogen (secondary N) is 1. The molecule has 6 heteroatoms. The summed E-state index contributed by atoms with van der Waals surface area (Å²) in [5.74, 6) is 0.367. The third-order valence-electron chi connectivity index (χ3n) is 1.45. The molecular weight excluding hydrogens is 158 g/mol. The molecule has 1 aromatic heterocycles. The summed E-state index contributed by atoms with van der Waals surface area (Å²) in [5.41, 5.74) is 0. The number of nitrogens with zero attached hydrogens (tertiary/aromatic N) is 4. The summed E-state index contributed by atoms with van der Waals surface area (Å²) >= 11 is 0. The molecule has 1 rings (SSSR count). The van der Waals surface area contributed by atoms with Gasteiger partial charge in [-0.15, -0.1) is 10.2 Å². The normalized spacial score (nSPS) is 13.2. The Bertz CT molecular complexity index is 236. The molecule has 6 nitrogen and oxygen atoms in total. The first-order valence-electron chi connectivity index (χ1n) is 3.88. The molecule has 1 unspecified atom stereocenters. The van der Waals surface area contributed by atoms with E-state index in [1.165, 1.54) is 4.80 Å². The van der Waals surface area contributed by atoms with Gasteiger partial charge in [0.1, 0.15) is 6.10 Å². The second-order valence-electron chi connectivity index (χ2n) is 2.41. The van der Waals surface area contributed by atoms with Gasteiger partial charge in [-0.25, -0.2) is 0 Å². The van der Waals surface area contributed by atoms with Gasteiger partial charge < -0.3 is 10.4 Å². The van der Waals surface area contributed by atoms with Crippen LogP contribution in [-0.4, -0.2) is 38.9 Å². The van der Waals surface area contributed by atoms with E-state index in [9.17, 15) is 5.11 Å². The number of hydrogen-bond acceptors (Lipinski definition) is 5. The monoisotopic (exact) mass is 171 g/mol. The van der Waals surface area contributed by atoms with Gasteiger partial charge in [0, 0.05) is 6.54 Å². The summed E-state index contributed by atoms with van der Waals surface area (Å²) in [6.07, 6.45) is -0.671. The molecule has 2 N–H and O–H groups in total. The minimum absolute atomic E-state index is 0.367. The molecule has 0 aliphatic carbocycles. The zero-order chi connectivity index (χ0) is 8.97. The highest BCUT2D eigenvalue weighted by Crippen LogP contribution is 2.02. The third-order valence-corrected chi connectivity index (χ3v) is 1.45. The van der Waals surface area contributed by atoms with E-state index in [1.54, 1.807) is 7.05 Å². The Morgan fingerprint density at radius 3 is 2.92 bits per heavy atom. The molecule has 1 aromatic rings. The van der Waals surface area contributed by atoms with Crippen molar-refractivity contribution in [1.29, 1.82) is 0 Å². The maximum Gasteiger partial charge on any atom is 0.204 e. The smallest absolute Gasteiger partial charge is 0.204 e. The lowest BCUT2D eigenvalue weighted by molar-refractivity contribution is 0.167. The van der Waals surface area contributed by atoms with Crippen molar-refractivity contribution < 1.29 is 5.11 Å². The van der Waals surface area contributed by atoms with Crippen molar-refractivity contribution in [3.05, 3.63) is 5.82 Å². The lowest BCUT2D eigenvalue weighted by atomic mass is 10.3. The van der Waals surface area contributed by atoms with E-state index in [2.05, 4.69) is 20.7 Å². The van der Waals surface area contributed by atoms with Crippen molar-refractivity contribution in [3.8, 4) is 0 Å². The van der Waals surface area contributed by atoms with E-state index in [1.807, 2.05) is 6.92 Å². The van der Waals surface area contributed by atoms with Crippen LogP contribution >= 0.6 is 0 Å². The fraction of sp³-hybridized carbons (Fsp3) is 0.833. The molecule has 1 heterocycles. The van der Waals surface area contributed by atoms with Crippen LogP contribution in [0.2, 0.25) is 0 Å². The molecule has 12 heavy (non-hydrogen) atoms. The molecule has 0 aliphatic rings. The predicted molar refractivity (Wildman–Crippen MR) is 42.4 cm³/mol. The van der Waals surface area contributed by atoms with Crippen molar-refractivity contribution in [1.82, 2.24) is 25.5 Å². The second-order valence-corrected chi connectivity index (χ2v) is 2.41. The second kappa shape index (κ2) is 4.13. The minimum atomic E-state index is -0.671. The fourth-order valence-electron chi connectivity index (χ4n) is 0.808. The van der Waals surface area contributed by atoms with E-state index in [4.69, 9.17) is 0 Å². The number of rotatable bonds is 4. The molecule has 0 saturated heterocycles. The van der Waals surface area contributed by atoms with Gasteiger partial charge in [-0.05, 0) is 19.2 Å². The number of tetrazole rings is 1. The number of aliphatic hydroxyl groups excluding tert-OH is 1. The van der Waals surface area contributed by atoms with Gasteiger partial charge in [-0.3, -0.25) is 0 Å². The van der Waals surface area contributed by atoms with E-state index >= 15 is 0 Å². The first-order chi connectivity index (χ1) is 5.77. The molecule has 0 amide bonds. The van der Waals surface area contributed by atoms with E-state index < -0.39 is 6.10 Å². The van der Waals surface area contributed by atoms with Gasteiger partial charge in [0.15, 0.2) is 0 Å². The number of aromatic nitrogens is 4. The molecule has 0 saturated carbocycles. The summed E-state index contributed by atoms with van der Waals surface area (Å²) in [6, 6.07) is 0. The van der Waals surface area contributed by atoms with Crippen LogP contribution in [0, 0.1) is 0 Å². The van der Waals surface area contributed by atoms with Crippen LogP contribution in [0.5, 0.6) is 0 Å². The van der Waals surface area contributed by atoms with Gasteiger partial charge in [0.2, 0.25) is 5.82 Å². The molecule has 0 aromatic carbocycles. The molecule has 1 atom stereocenters. The highest BCUT2D eigenvalue weighted by molar-refractivity contribution is 4.84. The van der Waals surface area contributed by atoms with Crippen LogP contribution in [0.25, 0.3) is 0 Å². The molecule has 0 aliphatic heterocycles. The molecule has 0 bridgehead atoms. The van der Waals surface area contributed by atoms with Gasteiger partial charge in [-0.2, -0.15) is 4.80 Å². The summed E-state index contributed by atoms with van der Waals surface area (Å²) in [5, 5.41) is 23.6. The Kier molecular flexibility index (Phi) is 3.12. The highest BCUT2D eigenvalue weighted by Gasteiger charge is 2.11. The van der Waals surface area contributed by atoms with Crippen LogP contribution in [0.1, 0.15) is 18.9 Å². The van der Waals surface area contributed by atoms with Crippen LogP contribution < -0.4 is 5.32 Å². The summed E-state index contributed by atoms with van der Waals surface area (Å²) < 4.78 is 0. The average molecular weight is 171 g/mol. The van der Waals surface area contributed by atoms with Crippen LogP contribution in [0.4, 0.5) is 0 Å². The van der Waals surface area contributed by atoms with Gasteiger partial charge in [-0.1, -0.05) is 0 Å². The van der Waals surface area contributed by atoms with Gasteiger partial charge >= 0.3 is 0 Å². The minimum Gasteiger partial charge on any atom is -0.384 e. The summed E-state index contributed by atoms with van der Waals surface area (Å²) in [4.78, 5) is 1.44. The summed E-state index contributed by atoms with van der Waals surface area (Å²) in [6.45, 7) is 3.02. The predicted octanol–water partition coefficient (Wildman–Crippen LogP) is -1.05. The maximum atomic E-state index is 9.39. The van der Waals surface area contributed by atoms with Crippen molar-refractivity contribution in [2.45, 2.75) is 19.6 Å². The maximum absolute atomic E-state index is 9.39.